The van der Waals surface area contributed by atoms with Crippen LogP contribution in [0.5, 0.6) is 0 Å². The fourth-order valence-electron chi connectivity index (χ4n) is 0.0962. The monoisotopic (exact) mass is 135 g/mol. The largest absolute Gasteiger partial charge is 0.281 e. The quantitative estimate of drug-likeness (QED) is 0.570. The molecule has 1 radical (unpaired) electrons. The van der Waals surface area contributed by atoms with Crippen molar-refractivity contribution < 1.29 is 4.79 Å². The summed E-state index contributed by atoms with van der Waals surface area (Å²) >= 11 is 5.82. The molecule has 1 nitrogen and oxygen atoms in total. The van der Waals surface area contributed by atoms with E-state index in [0.717, 1.165) is 0 Å². The van der Waals surface area contributed by atoms with Crippen molar-refractivity contribution in [2.45, 2.75) is 12.2 Å². The molecule has 0 saturated heterocycles. The molecule has 1 atom stereocenters. The van der Waals surface area contributed by atoms with Crippen molar-refractivity contribution in [3.8, 4) is 0 Å². The van der Waals surface area contributed by atoms with Gasteiger partial charge in [-0.15, -0.1) is 0 Å². The van der Waals surface area contributed by atoms with Crippen LogP contribution in [0.15, 0.2) is 0 Å². The van der Waals surface area contributed by atoms with Gasteiger partial charge in [0.1, 0.15) is 0 Å². The van der Waals surface area contributed by atoms with Gasteiger partial charge in [-0.05, 0) is 25.8 Å². The zero-order valence-corrected chi connectivity index (χ0v) is 5.94. The van der Waals surface area contributed by atoms with E-state index in [0.29, 0.717) is 0 Å². The number of carbonyl (C=O) groups excluding carboxylic acids is 1. The van der Waals surface area contributed by atoms with E-state index in [1.165, 1.54) is 11.8 Å². The Bertz CT molecular complexity index is 72.1. The fraction of sp³-hybridized carbons (Fsp3) is 0.750. The van der Waals surface area contributed by atoms with Gasteiger partial charge in [0.15, 0.2) is 0 Å². The van der Waals surface area contributed by atoms with Crippen LogP contribution in [0.1, 0.15) is 6.92 Å². The second-order valence-corrected chi connectivity index (χ2v) is 2.78. The first-order valence-corrected chi connectivity index (χ1v) is 3.61. The van der Waals surface area contributed by atoms with Crippen LogP contribution in [0.3, 0.4) is 0 Å². The van der Waals surface area contributed by atoms with Gasteiger partial charge in [0.25, 0.3) is 0 Å². The SMILES string of the molecule is CSC(C)C(=O)[S]. The summed E-state index contributed by atoms with van der Waals surface area (Å²) in [6, 6.07) is 0. The summed E-state index contributed by atoms with van der Waals surface area (Å²) in [6.45, 7) is 1.81. The van der Waals surface area contributed by atoms with Crippen LogP contribution in [0.4, 0.5) is 0 Å². The Labute approximate surface area is 53.3 Å². The molecule has 0 heterocycles. The van der Waals surface area contributed by atoms with Crippen molar-refractivity contribution in [2.24, 2.45) is 0 Å². The number of carbonyl (C=O) groups is 1. The van der Waals surface area contributed by atoms with E-state index in [9.17, 15) is 4.79 Å². The summed E-state index contributed by atoms with van der Waals surface area (Å²) in [5.41, 5.74) is 0. The van der Waals surface area contributed by atoms with Crippen molar-refractivity contribution in [3.05, 3.63) is 0 Å². The van der Waals surface area contributed by atoms with Gasteiger partial charge < -0.3 is 0 Å². The summed E-state index contributed by atoms with van der Waals surface area (Å²) in [5.74, 6) is 0. The Balaban J connectivity index is 3.34. The molecule has 0 aromatic carbocycles. The maximum absolute atomic E-state index is 10.2. The van der Waals surface area contributed by atoms with Gasteiger partial charge in [-0.3, -0.25) is 4.79 Å². The van der Waals surface area contributed by atoms with Crippen LogP contribution < -0.4 is 0 Å². The first kappa shape index (κ1) is 7.24. The van der Waals surface area contributed by atoms with E-state index in [1.807, 2.05) is 6.26 Å². The lowest BCUT2D eigenvalue weighted by Crippen LogP contribution is -2.03. The highest BCUT2D eigenvalue weighted by molar-refractivity contribution is 8.04. The molecule has 0 aliphatic carbocycles. The molecule has 0 saturated carbocycles. The average Bonchev–Trinajstić information content (AvgIpc) is 1.65. The van der Waals surface area contributed by atoms with Crippen LogP contribution in [-0.4, -0.2) is 16.6 Å². The summed E-state index contributed by atoms with van der Waals surface area (Å²) < 4.78 is 0. The molecule has 0 aromatic rings. The molecule has 0 bridgehead atoms. The topological polar surface area (TPSA) is 17.1 Å². The Kier molecular flexibility index (Phi) is 3.38. The first-order chi connectivity index (χ1) is 3.18. The van der Waals surface area contributed by atoms with Crippen molar-refractivity contribution >= 4 is 29.5 Å². The van der Waals surface area contributed by atoms with Gasteiger partial charge in [-0.25, -0.2) is 0 Å². The fourth-order valence-corrected chi connectivity index (χ4v) is 0.577. The molecular formula is C4H7OS2. The maximum Gasteiger partial charge on any atom is 0.231 e. The second-order valence-electron chi connectivity index (χ2n) is 1.20. The lowest BCUT2D eigenvalue weighted by atomic mass is 10.5. The van der Waals surface area contributed by atoms with Gasteiger partial charge in [0.2, 0.25) is 5.12 Å². The average molecular weight is 135 g/mol. The van der Waals surface area contributed by atoms with Gasteiger partial charge in [-0.2, -0.15) is 11.8 Å². The Hall–Kier alpha value is 0.240. The highest BCUT2D eigenvalue weighted by Crippen LogP contribution is 2.06. The van der Waals surface area contributed by atoms with Crippen LogP contribution in [0, 0.1) is 0 Å². The predicted octanol–water partition coefficient (Wildman–Crippen LogP) is 1.46. The number of rotatable bonds is 2. The van der Waals surface area contributed by atoms with Crippen LogP contribution in [-0.2, 0) is 4.79 Å². The van der Waals surface area contributed by atoms with Crippen molar-refractivity contribution in [1.82, 2.24) is 0 Å². The Morgan fingerprint density at radius 3 is 2.29 bits per heavy atom. The first-order valence-electron chi connectivity index (χ1n) is 1.92. The van der Waals surface area contributed by atoms with E-state index in [-0.39, 0.29) is 10.4 Å². The normalized spacial score (nSPS) is 13.4. The van der Waals surface area contributed by atoms with E-state index in [4.69, 9.17) is 0 Å². The molecule has 0 aliphatic heterocycles. The molecule has 0 aliphatic rings. The van der Waals surface area contributed by atoms with Gasteiger partial charge in [0, 0.05) is 0 Å². The molecule has 7 heavy (non-hydrogen) atoms. The zero-order chi connectivity index (χ0) is 5.86. The van der Waals surface area contributed by atoms with E-state index < -0.39 is 0 Å². The van der Waals surface area contributed by atoms with Gasteiger partial charge in [-0.1, -0.05) is 0 Å². The standard InChI is InChI=1S/C4H7OS2/c1-3(7-2)4(5)6/h3H,1-2H3. The lowest BCUT2D eigenvalue weighted by molar-refractivity contribution is -0.110. The predicted molar refractivity (Wildman–Crippen MR) is 35.6 cm³/mol. The molecule has 0 aromatic heterocycles. The summed E-state index contributed by atoms with van der Waals surface area (Å²) in [5, 5.41) is -0.164. The van der Waals surface area contributed by atoms with Crippen LogP contribution in [0.25, 0.3) is 0 Å². The van der Waals surface area contributed by atoms with Crippen molar-refractivity contribution in [3.63, 3.8) is 0 Å². The third-order valence-electron chi connectivity index (χ3n) is 0.685. The van der Waals surface area contributed by atoms with Gasteiger partial charge >= 0.3 is 0 Å². The molecule has 1 unspecified atom stereocenters. The third kappa shape index (κ3) is 2.88. The van der Waals surface area contributed by atoms with E-state index in [2.05, 4.69) is 12.6 Å². The molecule has 0 rings (SSSR count). The molecule has 41 valence electrons. The molecule has 3 heteroatoms. The highest BCUT2D eigenvalue weighted by atomic mass is 32.2. The van der Waals surface area contributed by atoms with Crippen molar-refractivity contribution in [2.75, 3.05) is 6.26 Å². The minimum absolute atomic E-state index is 0.00463. The van der Waals surface area contributed by atoms with Crippen LogP contribution in [0.2, 0.25) is 0 Å². The third-order valence-corrected chi connectivity index (χ3v) is 2.11. The summed E-state index contributed by atoms with van der Waals surface area (Å²) in [6.07, 6.45) is 1.87. The zero-order valence-electron chi connectivity index (χ0n) is 4.30. The minimum Gasteiger partial charge on any atom is -0.281 e. The van der Waals surface area contributed by atoms with E-state index in [1.54, 1.807) is 6.92 Å². The second kappa shape index (κ2) is 3.27. The molecule has 0 N–H and O–H groups in total. The minimum atomic E-state index is -0.160. The molecule has 0 fully saturated rings. The number of thioether (sulfide) groups is 1. The van der Waals surface area contributed by atoms with Gasteiger partial charge in [0.05, 0.1) is 5.25 Å². The number of hydrogen-bond acceptors (Lipinski definition) is 2. The molecule has 0 amide bonds. The van der Waals surface area contributed by atoms with Crippen LogP contribution >= 0.6 is 24.4 Å². The Morgan fingerprint density at radius 2 is 2.29 bits per heavy atom. The molecular weight excluding hydrogens is 128 g/mol. The summed E-state index contributed by atoms with van der Waals surface area (Å²) in [4.78, 5) is 10.2. The maximum atomic E-state index is 10.2. The van der Waals surface area contributed by atoms with E-state index >= 15 is 0 Å². The Morgan fingerprint density at radius 1 is 1.86 bits per heavy atom. The summed E-state index contributed by atoms with van der Waals surface area (Å²) in [7, 11) is 0. The lowest BCUT2D eigenvalue weighted by Gasteiger charge is -1.96. The smallest absolute Gasteiger partial charge is 0.231 e. The highest BCUT2D eigenvalue weighted by Gasteiger charge is 2.04. The number of hydrogen-bond donors (Lipinski definition) is 0. The molecule has 0 spiro atoms. The van der Waals surface area contributed by atoms with Crippen molar-refractivity contribution in [1.29, 1.82) is 0 Å².